The van der Waals surface area contributed by atoms with Gasteiger partial charge in [-0.1, -0.05) is 124 Å². The largest absolute Gasteiger partial charge is 0.388 e. The Balaban J connectivity index is 1.31. The number of hydrogen-bond donors (Lipinski definition) is 16. The maximum atomic E-state index is 15.2. The van der Waals surface area contributed by atoms with Crippen molar-refractivity contribution in [2.24, 2.45) is 29.0 Å². The van der Waals surface area contributed by atoms with Gasteiger partial charge in [0.25, 0.3) is 0 Å². The van der Waals surface area contributed by atoms with Crippen LogP contribution in [0.25, 0.3) is 0 Å². The van der Waals surface area contributed by atoms with Crippen LogP contribution in [0.4, 0.5) is 0 Å². The second kappa shape index (κ2) is 37.6. The minimum absolute atomic E-state index is 0.0219. The summed E-state index contributed by atoms with van der Waals surface area (Å²) in [6.45, 7) is 6.41. The van der Waals surface area contributed by atoms with Crippen LogP contribution < -0.4 is 65.1 Å². The molecule has 1 aromatic heterocycles. The number of nitrogens with two attached hydrogens (primary N) is 3. The Labute approximate surface area is 583 Å². The fraction of sp³-hybridized carbons (Fsp3) is 0.529. The molecule has 33 heteroatoms. The van der Waals surface area contributed by atoms with Crippen LogP contribution in [0.5, 0.6) is 0 Å². The maximum Gasteiger partial charge on any atom is 0.246 e. The Hall–Kier alpha value is -9.80. The SMILES string of the molecule is CC(C)C[C@@H]1NC(=O)[C@H](CCCN)NC(=O)[C@H](C(C)C)NC(=O)[C@H](Cc2cn(C[C@H]3OC(O)[C@H](O)[C@@H](O)[C@@H]3O)nn2)NC(=O)[C@H](CCC(N)=O)NC(=O)[C@H](CC(N)=O)NC(=O)[C@@H](Cc2ccccc2)NC(=O)[C@H](Cc2ccccc2)NC(=O)[C@@H]2CCCN2C(=O)[C@@H](Cc2ccccc2)NC1=O. The first-order valence-electron chi connectivity index (χ1n) is 33.8. The number of aliphatic hydroxyl groups is 4. The Morgan fingerprint density at radius 2 is 0.990 bits per heavy atom. The molecule has 548 valence electrons. The van der Waals surface area contributed by atoms with Crippen LogP contribution in [-0.2, 0) is 94.5 Å². The lowest BCUT2D eigenvalue weighted by Gasteiger charge is -2.38. The second-order valence-corrected chi connectivity index (χ2v) is 26.4. The highest BCUT2D eigenvalue weighted by Crippen LogP contribution is 2.24. The molecule has 0 bridgehead atoms. The minimum atomic E-state index is -1.92. The number of fused-ring (bicyclic) bond motifs is 1. The van der Waals surface area contributed by atoms with Crippen molar-refractivity contribution >= 4 is 70.9 Å². The van der Waals surface area contributed by atoms with Crippen LogP contribution in [-0.4, -0.2) is 215 Å². The monoisotopic (exact) mass is 1410 g/mol. The molecule has 15 atom stereocenters. The molecule has 7 rings (SSSR count). The van der Waals surface area contributed by atoms with Gasteiger partial charge in [0, 0.05) is 44.8 Å². The van der Waals surface area contributed by atoms with Crippen LogP contribution >= 0.6 is 0 Å². The molecule has 0 spiro atoms. The normalized spacial score (nSPS) is 27.5. The number of rotatable bonds is 21. The van der Waals surface area contributed by atoms with E-state index >= 15 is 4.79 Å². The van der Waals surface area contributed by atoms with Crippen molar-refractivity contribution < 1.29 is 82.7 Å². The molecule has 0 saturated carbocycles. The fourth-order valence-corrected chi connectivity index (χ4v) is 12.1. The van der Waals surface area contributed by atoms with Gasteiger partial charge in [-0.05, 0) is 73.6 Å². The predicted molar refractivity (Wildman–Crippen MR) is 360 cm³/mol. The van der Waals surface area contributed by atoms with Gasteiger partial charge < -0.3 is 95.1 Å². The molecular formula is C68H94N16O17. The molecule has 3 aliphatic heterocycles. The summed E-state index contributed by atoms with van der Waals surface area (Å²) >= 11 is 0. The lowest BCUT2D eigenvalue weighted by atomic mass is 9.99. The molecule has 0 aliphatic carbocycles. The molecule has 3 fully saturated rings. The quantitative estimate of drug-likeness (QED) is 0.0373. The number of nitrogens with one attached hydrogen (secondary N) is 9. The van der Waals surface area contributed by atoms with E-state index in [2.05, 4.69) is 58.2 Å². The van der Waals surface area contributed by atoms with Crippen molar-refractivity contribution in [1.82, 2.24) is 67.7 Å². The molecular weight excluding hydrogens is 1310 g/mol. The third kappa shape index (κ3) is 23.1. The molecule has 0 radical (unpaired) electrons. The molecule has 4 aromatic rings. The van der Waals surface area contributed by atoms with Gasteiger partial charge in [-0.25, -0.2) is 4.68 Å². The molecule has 12 amide bonds. The Bertz CT molecular complexity index is 3510. The average Bonchev–Trinajstić information content (AvgIpc) is 1.55. The summed E-state index contributed by atoms with van der Waals surface area (Å²) in [5.41, 5.74) is 18.8. The number of aliphatic hydroxyl groups excluding tert-OH is 4. The standard InChI is InChI=1S/C68H94N16O17/c1-36(2)28-44-60(92)79-49(31-40-20-12-7-13-21-40)67(99)84-27-15-23-50(84)65(97)78-46(30-39-18-10-6-11-19-39)62(94)75-45(29-38-16-8-5-9-17-38)61(93)77-48(33-53(71)86)63(95)72-43(24-25-52(70)85)59(91)76-47(32-41-34-83(82-81-41)35-51-55(87)56(88)57(89)68(100)101-51)64(96)80-54(37(3)4)66(98)73-42(22-14-26-69)58(90)74-44/h5-13,16-21,34,36-37,42-51,54-57,68,87-89,100H,14-15,22-33,35,69H2,1-4H3,(H2,70,85)(H2,71,86)(H,72,95)(H,73,98)(H,74,90)(H,75,94)(H,76,91)(H,77,93)(H,78,97)(H,79,92)(H,80,96)/t42-,43-,44-,45+,46-,47-,48-,49+,50-,51+,54-,55+,56-,57+,68?/m0/s1. The first-order chi connectivity index (χ1) is 48.1. The molecule has 3 aliphatic rings. The summed E-state index contributed by atoms with van der Waals surface area (Å²) in [5.74, 6) is -12.6. The number of primary amides is 2. The number of hydrogen-bond acceptors (Lipinski definition) is 20. The summed E-state index contributed by atoms with van der Waals surface area (Å²) in [6.07, 6.45) is -10.1. The van der Waals surface area contributed by atoms with Crippen molar-refractivity contribution in [2.45, 2.75) is 202 Å². The number of ether oxygens (including phenoxy) is 1. The van der Waals surface area contributed by atoms with Gasteiger partial charge in [-0.2, -0.15) is 0 Å². The highest BCUT2D eigenvalue weighted by Gasteiger charge is 2.45. The summed E-state index contributed by atoms with van der Waals surface area (Å²) in [7, 11) is 0. The zero-order valence-electron chi connectivity index (χ0n) is 56.8. The predicted octanol–water partition coefficient (Wildman–Crippen LogP) is -4.70. The van der Waals surface area contributed by atoms with Crippen molar-refractivity contribution in [3.05, 3.63) is 120 Å². The van der Waals surface area contributed by atoms with Crippen molar-refractivity contribution in [3.63, 3.8) is 0 Å². The van der Waals surface area contributed by atoms with Crippen LogP contribution in [0, 0.1) is 11.8 Å². The molecule has 3 aromatic carbocycles. The van der Waals surface area contributed by atoms with Gasteiger partial charge in [0.1, 0.15) is 84.8 Å². The number of carbonyl (C=O) groups is 12. The van der Waals surface area contributed by atoms with Crippen LogP contribution in [0.2, 0.25) is 0 Å². The number of aromatic nitrogens is 3. The third-order valence-corrected chi connectivity index (χ3v) is 17.5. The number of carbonyl (C=O) groups excluding carboxylic acids is 12. The Kier molecular flexibility index (Phi) is 29.2. The van der Waals surface area contributed by atoms with Crippen molar-refractivity contribution in [2.75, 3.05) is 13.1 Å². The zero-order chi connectivity index (χ0) is 73.6. The van der Waals surface area contributed by atoms with Gasteiger partial charge in [-0.3, -0.25) is 57.5 Å². The van der Waals surface area contributed by atoms with Crippen molar-refractivity contribution in [3.8, 4) is 0 Å². The van der Waals surface area contributed by atoms with Crippen LogP contribution in [0.3, 0.4) is 0 Å². The van der Waals surface area contributed by atoms with Gasteiger partial charge in [-0.15, -0.1) is 5.10 Å². The van der Waals surface area contributed by atoms with E-state index < -0.39 is 200 Å². The van der Waals surface area contributed by atoms with Gasteiger partial charge in [0.05, 0.1) is 18.7 Å². The summed E-state index contributed by atoms with van der Waals surface area (Å²) < 4.78 is 6.39. The topological polar surface area (TPSA) is 515 Å². The van der Waals surface area contributed by atoms with E-state index in [9.17, 15) is 73.2 Å². The van der Waals surface area contributed by atoms with E-state index in [-0.39, 0.29) is 69.6 Å². The average molecular weight is 1410 g/mol. The first kappa shape index (κ1) is 78.5. The highest BCUT2D eigenvalue weighted by atomic mass is 16.6. The molecule has 3 saturated heterocycles. The van der Waals surface area contributed by atoms with E-state index in [1.807, 2.05) is 0 Å². The third-order valence-electron chi connectivity index (χ3n) is 17.5. The Morgan fingerprint density at radius 1 is 0.535 bits per heavy atom. The smallest absolute Gasteiger partial charge is 0.246 e. The zero-order valence-corrected chi connectivity index (χ0v) is 56.8. The Morgan fingerprint density at radius 3 is 1.52 bits per heavy atom. The van der Waals surface area contributed by atoms with E-state index in [1.54, 1.807) is 119 Å². The molecule has 4 heterocycles. The van der Waals surface area contributed by atoms with Gasteiger partial charge >= 0.3 is 0 Å². The molecule has 101 heavy (non-hydrogen) atoms. The second-order valence-electron chi connectivity index (χ2n) is 26.4. The first-order valence-corrected chi connectivity index (χ1v) is 33.8. The van der Waals surface area contributed by atoms with Gasteiger partial charge in [0.2, 0.25) is 70.9 Å². The van der Waals surface area contributed by atoms with Crippen LogP contribution in [0.1, 0.15) is 101 Å². The minimum Gasteiger partial charge on any atom is -0.388 e. The molecule has 33 nitrogen and oxygen atoms in total. The van der Waals surface area contributed by atoms with Gasteiger partial charge in [0.15, 0.2) is 6.29 Å². The van der Waals surface area contributed by atoms with Crippen molar-refractivity contribution in [1.29, 1.82) is 0 Å². The lowest BCUT2D eigenvalue weighted by molar-refractivity contribution is -0.284. The van der Waals surface area contributed by atoms with E-state index in [0.717, 1.165) is 4.68 Å². The van der Waals surface area contributed by atoms with E-state index in [0.29, 0.717) is 23.1 Å². The summed E-state index contributed by atoms with van der Waals surface area (Å²) in [4.78, 5) is 175. The van der Waals surface area contributed by atoms with Crippen LogP contribution in [0.15, 0.2) is 97.2 Å². The molecule has 19 N–H and O–H groups in total. The van der Waals surface area contributed by atoms with E-state index in [1.165, 1.54) is 11.1 Å². The number of benzene rings is 3. The number of amides is 12. The molecule has 1 unspecified atom stereocenters. The summed E-state index contributed by atoms with van der Waals surface area (Å²) in [5, 5.41) is 73.4. The number of nitrogens with zero attached hydrogens (tertiary/aromatic N) is 4. The maximum absolute atomic E-state index is 15.2. The summed E-state index contributed by atoms with van der Waals surface area (Å²) in [6, 6.07) is 10.2. The highest BCUT2D eigenvalue weighted by molar-refractivity contribution is 6.00. The lowest BCUT2D eigenvalue weighted by Crippen LogP contribution is -2.62. The van der Waals surface area contributed by atoms with E-state index in [4.69, 9.17) is 21.9 Å². The fourth-order valence-electron chi connectivity index (χ4n) is 12.1.